The van der Waals surface area contributed by atoms with Gasteiger partial charge in [-0.15, -0.1) is 11.3 Å². The Morgan fingerprint density at radius 3 is 3.09 bits per heavy atom. The van der Waals surface area contributed by atoms with E-state index in [0.717, 1.165) is 4.88 Å². The highest BCUT2D eigenvalue weighted by atomic mass is 32.1. The summed E-state index contributed by atoms with van der Waals surface area (Å²) < 4.78 is 0. The van der Waals surface area contributed by atoms with Gasteiger partial charge in [0, 0.05) is 12.4 Å². The molecule has 3 nitrogen and oxygen atoms in total. The Hall–Kier alpha value is -1.29. The Balaban J connectivity index is 2.46. The van der Waals surface area contributed by atoms with Crippen LogP contribution >= 0.6 is 11.3 Å². The van der Waals surface area contributed by atoms with Crippen molar-refractivity contribution in [3.05, 3.63) is 30.2 Å². The summed E-state index contributed by atoms with van der Waals surface area (Å²) in [7, 11) is 0. The molecule has 53 valence electrons. The van der Waals surface area contributed by atoms with Gasteiger partial charge in [-0.2, -0.15) is 0 Å². The highest BCUT2D eigenvalue weighted by Crippen LogP contribution is 2.16. The highest BCUT2D eigenvalue weighted by Gasteiger charge is 1.99. The Morgan fingerprint density at radius 2 is 2.45 bits per heavy atom. The average molecular weight is 162 g/mol. The van der Waals surface area contributed by atoms with Crippen molar-refractivity contribution < 1.29 is 0 Å². The van der Waals surface area contributed by atoms with Crippen LogP contribution in [-0.4, -0.2) is 15.0 Å². The summed E-state index contributed by atoms with van der Waals surface area (Å²) in [5, 5.41) is 0. The first-order valence-corrected chi connectivity index (χ1v) is 3.93. The molecule has 4 heteroatoms. The molecule has 0 atom stereocenters. The SMILES string of the molecule is [c]1ccnc(-c2cncs2)n1. The zero-order valence-corrected chi connectivity index (χ0v) is 6.38. The minimum absolute atomic E-state index is 0.690. The van der Waals surface area contributed by atoms with Crippen molar-refractivity contribution in [3.8, 4) is 10.7 Å². The van der Waals surface area contributed by atoms with E-state index in [4.69, 9.17) is 0 Å². The Bertz CT molecular complexity index is 317. The third-order valence-electron chi connectivity index (χ3n) is 1.17. The van der Waals surface area contributed by atoms with Crippen molar-refractivity contribution in [1.82, 2.24) is 15.0 Å². The molecule has 0 saturated heterocycles. The number of nitrogens with zero attached hydrogens (tertiary/aromatic N) is 3. The van der Waals surface area contributed by atoms with Crippen LogP contribution in [0.3, 0.4) is 0 Å². The predicted molar refractivity (Wildman–Crippen MR) is 42.0 cm³/mol. The lowest BCUT2D eigenvalue weighted by Gasteiger charge is -1.89. The molecule has 2 aromatic rings. The van der Waals surface area contributed by atoms with Crippen LogP contribution in [0, 0.1) is 6.20 Å². The van der Waals surface area contributed by atoms with Gasteiger partial charge < -0.3 is 0 Å². The molecule has 0 spiro atoms. The van der Waals surface area contributed by atoms with Gasteiger partial charge in [0.2, 0.25) is 0 Å². The number of thiazole rings is 1. The Morgan fingerprint density at radius 1 is 1.45 bits per heavy atom. The maximum Gasteiger partial charge on any atom is 0.171 e. The molecular weight excluding hydrogens is 158 g/mol. The first-order chi connectivity index (χ1) is 5.47. The van der Waals surface area contributed by atoms with Crippen molar-refractivity contribution in [1.29, 1.82) is 0 Å². The van der Waals surface area contributed by atoms with Gasteiger partial charge in [-0.3, -0.25) is 4.98 Å². The van der Waals surface area contributed by atoms with E-state index in [1.165, 1.54) is 11.3 Å². The van der Waals surface area contributed by atoms with Crippen molar-refractivity contribution in [3.63, 3.8) is 0 Å². The summed E-state index contributed by atoms with van der Waals surface area (Å²) in [5.74, 6) is 0.690. The standard InChI is InChI=1S/C7H4N3S/c1-2-9-7(10-3-1)6-4-8-5-11-6/h1-2,4-5H. The summed E-state index contributed by atoms with van der Waals surface area (Å²) in [5.41, 5.74) is 1.76. The number of hydrogen-bond donors (Lipinski definition) is 0. The van der Waals surface area contributed by atoms with E-state index in [9.17, 15) is 0 Å². The first kappa shape index (κ1) is 6.42. The summed E-state index contributed by atoms with van der Waals surface area (Å²) in [6.07, 6.45) is 6.13. The van der Waals surface area contributed by atoms with E-state index in [0.29, 0.717) is 5.82 Å². The van der Waals surface area contributed by atoms with Crippen LogP contribution in [0.1, 0.15) is 0 Å². The molecular formula is C7H4N3S. The fourth-order valence-electron chi connectivity index (χ4n) is 0.713. The van der Waals surface area contributed by atoms with Gasteiger partial charge in [0.05, 0.1) is 16.6 Å². The van der Waals surface area contributed by atoms with Crippen molar-refractivity contribution in [2.45, 2.75) is 0 Å². The minimum Gasteiger partial charge on any atom is -0.252 e. The zero-order valence-electron chi connectivity index (χ0n) is 5.56. The van der Waals surface area contributed by atoms with Crippen molar-refractivity contribution in [2.75, 3.05) is 0 Å². The minimum atomic E-state index is 0.690. The summed E-state index contributed by atoms with van der Waals surface area (Å²) in [6, 6.07) is 1.67. The average Bonchev–Trinajstić information content (AvgIpc) is 2.58. The third kappa shape index (κ3) is 1.25. The van der Waals surface area contributed by atoms with Crippen LogP contribution in [0.5, 0.6) is 0 Å². The molecule has 11 heavy (non-hydrogen) atoms. The molecule has 2 aromatic heterocycles. The lowest BCUT2D eigenvalue weighted by molar-refractivity contribution is 1.17. The summed E-state index contributed by atoms with van der Waals surface area (Å²) in [6.45, 7) is 0. The smallest absolute Gasteiger partial charge is 0.171 e. The van der Waals surface area contributed by atoms with E-state index >= 15 is 0 Å². The first-order valence-electron chi connectivity index (χ1n) is 3.05. The lowest BCUT2D eigenvalue weighted by atomic mass is 10.5. The van der Waals surface area contributed by atoms with Gasteiger partial charge in [0.25, 0.3) is 0 Å². The molecule has 2 rings (SSSR count). The highest BCUT2D eigenvalue weighted by molar-refractivity contribution is 7.13. The van der Waals surface area contributed by atoms with Crippen LogP contribution in [0.2, 0.25) is 0 Å². The molecule has 0 unspecified atom stereocenters. The fraction of sp³-hybridized carbons (Fsp3) is 0. The second-order valence-electron chi connectivity index (χ2n) is 1.88. The summed E-state index contributed by atoms with van der Waals surface area (Å²) in [4.78, 5) is 12.9. The normalized spacial score (nSPS) is 9.82. The molecule has 0 aliphatic rings. The monoisotopic (exact) mass is 162 g/mol. The van der Waals surface area contributed by atoms with Gasteiger partial charge in [-0.25, -0.2) is 9.97 Å². The molecule has 0 fully saturated rings. The van der Waals surface area contributed by atoms with Crippen LogP contribution in [0.15, 0.2) is 24.0 Å². The topological polar surface area (TPSA) is 38.7 Å². The van der Waals surface area contributed by atoms with Crippen molar-refractivity contribution in [2.24, 2.45) is 0 Å². The second-order valence-corrected chi connectivity index (χ2v) is 2.76. The number of rotatable bonds is 1. The second kappa shape index (κ2) is 2.75. The molecule has 0 saturated carbocycles. The van der Waals surface area contributed by atoms with E-state index in [-0.39, 0.29) is 0 Å². The van der Waals surface area contributed by atoms with Gasteiger partial charge in [0.1, 0.15) is 0 Å². The van der Waals surface area contributed by atoms with Crippen LogP contribution in [-0.2, 0) is 0 Å². The fourth-order valence-corrected chi connectivity index (χ4v) is 1.27. The maximum absolute atomic E-state index is 4.05. The molecule has 0 bridgehead atoms. The largest absolute Gasteiger partial charge is 0.252 e. The van der Waals surface area contributed by atoms with Crippen LogP contribution in [0.25, 0.3) is 10.7 Å². The number of aromatic nitrogens is 3. The molecule has 0 aliphatic heterocycles. The Labute approximate surface area is 67.8 Å². The predicted octanol–water partition coefficient (Wildman–Crippen LogP) is 1.40. The third-order valence-corrected chi connectivity index (χ3v) is 1.94. The zero-order chi connectivity index (χ0) is 7.52. The van der Waals surface area contributed by atoms with E-state index in [1.807, 2.05) is 0 Å². The molecule has 2 heterocycles. The molecule has 0 amide bonds. The van der Waals surface area contributed by atoms with Gasteiger partial charge in [0.15, 0.2) is 5.82 Å². The molecule has 0 N–H and O–H groups in total. The quantitative estimate of drug-likeness (QED) is 0.636. The van der Waals surface area contributed by atoms with Crippen LogP contribution in [0.4, 0.5) is 0 Å². The van der Waals surface area contributed by atoms with E-state index in [2.05, 4.69) is 21.1 Å². The van der Waals surface area contributed by atoms with Crippen molar-refractivity contribution >= 4 is 11.3 Å². The maximum atomic E-state index is 4.05. The van der Waals surface area contributed by atoms with E-state index < -0.39 is 0 Å². The molecule has 0 aliphatic carbocycles. The van der Waals surface area contributed by atoms with Gasteiger partial charge >= 0.3 is 0 Å². The summed E-state index contributed by atoms with van der Waals surface area (Å²) >= 11 is 1.52. The van der Waals surface area contributed by atoms with Gasteiger partial charge in [-0.05, 0) is 6.07 Å². The molecule has 0 aromatic carbocycles. The number of hydrogen-bond acceptors (Lipinski definition) is 4. The van der Waals surface area contributed by atoms with E-state index in [1.54, 1.807) is 24.0 Å². The lowest BCUT2D eigenvalue weighted by Crippen LogP contribution is -1.82. The van der Waals surface area contributed by atoms with Gasteiger partial charge in [-0.1, -0.05) is 0 Å². The Kier molecular flexibility index (Phi) is 1.61. The van der Waals surface area contributed by atoms with Crippen LogP contribution < -0.4 is 0 Å². The molecule has 1 radical (unpaired) electrons.